The van der Waals surface area contributed by atoms with Gasteiger partial charge in [-0.25, -0.2) is 13.8 Å². The maximum absolute atomic E-state index is 13.2. The molecule has 1 saturated heterocycles. The number of carbonyl (C=O) groups is 1. The van der Waals surface area contributed by atoms with E-state index in [-0.39, 0.29) is 17.5 Å². The van der Waals surface area contributed by atoms with Crippen LogP contribution in [0.25, 0.3) is 11.0 Å². The lowest BCUT2D eigenvalue weighted by atomic mass is 9.67. The summed E-state index contributed by atoms with van der Waals surface area (Å²) < 4.78 is 31.8. The van der Waals surface area contributed by atoms with Crippen LogP contribution >= 0.6 is 11.8 Å². The van der Waals surface area contributed by atoms with E-state index >= 15 is 0 Å². The normalized spacial score (nSPS) is 23.0. The molecule has 7 heteroatoms. The number of fused-ring (bicyclic) bond motifs is 1. The van der Waals surface area contributed by atoms with Crippen molar-refractivity contribution in [3.63, 3.8) is 0 Å². The largest absolute Gasteiger partial charge is 0.461 e. The SMILES string of the molecule is O=C1O[C@H](CSc2nc3cc(F)c(F)cc3[nH]2)CC12CCC2. The number of nitrogens with zero attached hydrogens (tertiary/aromatic N) is 1. The van der Waals surface area contributed by atoms with Crippen LogP contribution in [-0.4, -0.2) is 27.8 Å². The summed E-state index contributed by atoms with van der Waals surface area (Å²) in [5, 5.41) is 0.575. The number of aromatic amines is 1. The van der Waals surface area contributed by atoms with Crippen LogP contribution in [-0.2, 0) is 9.53 Å². The van der Waals surface area contributed by atoms with Gasteiger partial charge in [-0.15, -0.1) is 0 Å². The molecule has 0 unspecified atom stereocenters. The number of cyclic esters (lactones) is 1. The monoisotopic (exact) mass is 324 g/mol. The molecule has 116 valence electrons. The lowest BCUT2D eigenvalue weighted by Crippen LogP contribution is -2.33. The molecule has 0 amide bonds. The van der Waals surface area contributed by atoms with Crippen LogP contribution < -0.4 is 0 Å². The van der Waals surface area contributed by atoms with Crippen LogP contribution in [0, 0.1) is 17.0 Å². The Bertz CT molecular complexity index is 718. The highest BCUT2D eigenvalue weighted by Crippen LogP contribution is 2.50. The zero-order chi connectivity index (χ0) is 15.3. The average Bonchev–Trinajstić information content (AvgIpc) is 2.97. The van der Waals surface area contributed by atoms with Crippen LogP contribution in [0.3, 0.4) is 0 Å². The number of carbonyl (C=O) groups excluding carboxylic acids is 1. The number of nitrogens with one attached hydrogen (secondary N) is 1. The van der Waals surface area contributed by atoms with Crippen molar-refractivity contribution in [3.8, 4) is 0 Å². The van der Waals surface area contributed by atoms with Crippen molar-refractivity contribution in [2.75, 3.05) is 5.75 Å². The highest BCUT2D eigenvalue weighted by molar-refractivity contribution is 7.99. The van der Waals surface area contributed by atoms with Crippen LogP contribution in [0.2, 0.25) is 0 Å². The van der Waals surface area contributed by atoms with Crippen molar-refractivity contribution < 1.29 is 18.3 Å². The molecule has 1 spiro atoms. The molecule has 0 radical (unpaired) electrons. The zero-order valence-corrected chi connectivity index (χ0v) is 12.5. The van der Waals surface area contributed by atoms with Crippen LogP contribution in [0.4, 0.5) is 8.78 Å². The molecule has 2 fully saturated rings. The Hall–Kier alpha value is -1.63. The van der Waals surface area contributed by atoms with Gasteiger partial charge in [0.2, 0.25) is 0 Å². The number of rotatable bonds is 3. The van der Waals surface area contributed by atoms with E-state index in [4.69, 9.17) is 4.74 Å². The van der Waals surface area contributed by atoms with Gasteiger partial charge in [-0.05, 0) is 12.8 Å². The summed E-state index contributed by atoms with van der Waals surface area (Å²) >= 11 is 1.40. The summed E-state index contributed by atoms with van der Waals surface area (Å²) in [6.45, 7) is 0. The number of aromatic nitrogens is 2. The molecule has 4 nitrogen and oxygen atoms in total. The van der Waals surface area contributed by atoms with Gasteiger partial charge in [-0.3, -0.25) is 4.79 Å². The van der Waals surface area contributed by atoms with Crippen LogP contribution in [0.1, 0.15) is 25.7 Å². The van der Waals surface area contributed by atoms with Gasteiger partial charge in [0.05, 0.1) is 16.4 Å². The number of halogens is 2. The van der Waals surface area contributed by atoms with E-state index in [1.54, 1.807) is 0 Å². The lowest BCUT2D eigenvalue weighted by Gasteiger charge is -2.33. The Balaban J connectivity index is 1.45. The van der Waals surface area contributed by atoms with Gasteiger partial charge >= 0.3 is 5.97 Å². The Kier molecular flexibility index (Phi) is 3.14. The molecule has 4 rings (SSSR count). The molecule has 1 aliphatic carbocycles. The first kappa shape index (κ1) is 14.0. The molecule has 2 aromatic rings. The van der Waals surface area contributed by atoms with Crippen LogP contribution in [0.5, 0.6) is 0 Å². The van der Waals surface area contributed by atoms with Crippen molar-refractivity contribution in [2.24, 2.45) is 5.41 Å². The third-order valence-electron chi connectivity index (χ3n) is 4.54. The molecule has 1 N–H and O–H groups in total. The second-order valence-corrected chi connectivity index (χ2v) is 7.01. The van der Waals surface area contributed by atoms with E-state index in [9.17, 15) is 13.6 Å². The lowest BCUT2D eigenvalue weighted by molar-refractivity contribution is -0.151. The first-order chi connectivity index (χ1) is 10.6. The number of H-pyrrole nitrogens is 1. The van der Waals surface area contributed by atoms with Gasteiger partial charge in [0.1, 0.15) is 6.10 Å². The summed E-state index contributed by atoms with van der Waals surface area (Å²) in [7, 11) is 0. The number of imidazole rings is 1. The van der Waals surface area contributed by atoms with E-state index in [0.717, 1.165) is 37.8 Å². The summed E-state index contributed by atoms with van der Waals surface area (Å²) in [6, 6.07) is 2.17. The fourth-order valence-electron chi connectivity index (χ4n) is 3.16. The minimum atomic E-state index is -0.910. The standard InChI is InChI=1S/C15H14F2N2O2S/c16-9-4-11-12(5-10(9)17)19-14(18-11)22-7-8-6-15(2-1-3-15)13(20)21-8/h4-5,8H,1-3,6-7H2,(H,18,19)/t8-/m0/s1. The predicted octanol–water partition coefficient (Wildman–Crippen LogP) is 3.42. The molecule has 22 heavy (non-hydrogen) atoms. The summed E-state index contributed by atoms with van der Waals surface area (Å²) in [5.41, 5.74) is 0.617. The topological polar surface area (TPSA) is 55.0 Å². The van der Waals surface area contributed by atoms with Crippen molar-refractivity contribution >= 4 is 28.8 Å². The molecule has 2 aliphatic rings. The van der Waals surface area contributed by atoms with E-state index in [1.807, 2.05) is 0 Å². The number of benzene rings is 1. The van der Waals surface area contributed by atoms with Gasteiger partial charge in [-0.2, -0.15) is 0 Å². The second kappa shape index (κ2) is 4.94. The summed E-state index contributed by atoms with van der Waals surface area (Å²) in [4.78, 5) is 19.1. The molecule has 2 heterocycles. The fourth-order valence-corrected chi connectivity index (χ4v) is 4.04. The third-order valence-corrected chi connectivity index (χ3v) is 5.55. The quantitative estimate of drug-likeness (QED) is 0.694. The molecule has 1 aromatic carbocycles. The fraction of sp³-hybridized carbons (Fsp3) is 0.467. The highest BCUT2D eigenvalue weighted by Gasteiger charge is 2.52. The molecule has 0 bridgehead atoms. The number of hydrogen-bond acceptors (Lipinski definition) is 4. The zero-order valence-electron chi connectivity index (χ0n) is 11.7. The Morgan fingerprint density at radius 3 is 2.82 bits per heavy atom. The van der Waals surface area contributed by atoms with E-state index < -0.39 is 11.6 Å². The van der Waals surface area contributed by atoms with Gasteiger partial charge in [-0.1, -0.05) is 18.2 Å². The summed E-state index contributed by atoms with van der Waals surface area (Å²) in [6.07, 6.45) is 3.60. The predicted molar refractivity (Wildman–Crippen MR) is 77.5 cm³/mol. The minimum absolute atomic E-state index is 0.0712. The van der Waals surface area contributed by atoms with Crippen molar-refractivity contribution in [2.45, 2.75) is 36.9 Å². The number of thioether (sulfide) groups is 1. The first-order valence-electron chi connectivity index (χ1n) is 7.24. The van der Waals surface area contributed by atoms with Gasteiger partial charge in [0.15, 0.2) is 16.8 Å². The molecule has 1 atom stereocenters. The van der Waals surface area contributed by atoms with E-state index in [0.29, 0.717) is 21.9 Å². The maximum Gasteiger partial charge on any atom is 0.312 e. The van der Waals surface area contributed by atoms with Gasteiger partial charge in [0.25, 0.3) is 0 Å². The van der Waals surface area contributed by atoms with Crippen LogP contribution in [0.15, 0.2) is 17.3 Å². The molecule has 1 saturated carbocycles. The van der Waals surface area contributed by atoms with Crippen molar-refractivity contribution in [3.05, 3.63) is 23.8 Å². The van der Waals surface area contributed by atoms with E-state index in [1.165, 1.54) is 11.8 Å². The molecular weight excluding hydrogens is 310 g/mol. The highest BCUT2D eigenvalue weighted by atomic mass is 32.2. The maximum atomic E-state index is 13.2. The first-order valence-corrected chi connectivity index (χ1v) is 8.23. The van der Waals surface area contributed by atoms with E-state index in [2.05, 4.69) is 9.97 Å². The van der Waals surface area contributed by atoms with Crippen molar-refractivity contribution in [1.82, 2.24) is 9.97 Å². The second-order valence-electron chi connectivity index (χ2n) is 6.00. The van der Waals surface area contributed by atoms with Gasteiger partial charge < -0.3 is 9.72 Å². The smallest absolute Gasteiger partial charge is 0.312 e. The molecule has 1 aliphatic heterocycles. The summed E-state index contributed by atoms with van der Waals surface area (Å²) in [5.74, 6) is -1.28. The Morgan fingerprint density at radius 1 is 1.36 bits per heavy atom. The number of hydrogen-bond donors (Lipinski definition) is 1. The third kappa shape index (κ3) is 2.18. The average molecular weight is 324 g/mol. The Labute approximate surface area is 129 Å². The minimum Gasteiger partial charge on any atom is -0.461 e. The van der Waals surface area contributed by atoms with Crippen molar-refractivity contribution in [1.29, 1.82) is 0 Å². The molecular formula is C15H14F2N2O2S. The molecule has 1 aromatic heterocycles. The Morgan fingerprint density at radius 2 is 2.14 bits per heavy atom. The van der Waals surface area contributed by atoms with Gasteiger partial charge in [0, 0.05) is 24.3 Å². The number of esters is 1. The number of ether oxygens (including phenoxy) is 1.